The molecule has 3 N–H and O–H groups in total. The number of unbranched alkanes of at least 4 members (excludes halogenated alkanes) is 1. The first-order valence-corrected chi connectivity index (χ1v) is 5.35. The second-order valence-electron chi connectivity index (χ2n) is 3.89. The maximum Gasteiger partial charge on any atom is 0.0541 e. The van der Waals surface area contributed by atoms with Gasteiger partial charge in [0.2, 0.25) is 0 Å². The molecule has 0 aliphatic heterocycles. The SMILES string of the molecule is OCCCCNC1CCC(O)CC1. The lowest BCUT2D eigenvalue weighted by molar-refractivity contribution is 0.116. The Morgan fingerprint density at radius 3 is 2.38 bits per heavy atom. The minimum atomic E-state index is -0.0597. The minimum absolute atomic E-state index is 0.0597. The molecular weight excluding hydrogens is 166 g/mol. The van der Waals surface area contributed by atoms with Crippen LogP contribution in [-0.4, -0.2) is 35.5 Å². The molecule has 3 nitrogen and oxygen atoms in total. The van der Waals surface area contributed by atoms with Crippen LogP contribution >= 0.6 is 0 Å². The van der Waals surface area contributed by atoms with E-state index < -0.39 is 0 Å². The molecule has 1 fully saturated rings. The van der Waals surface area contributed by atoms with Gasteiger partial charge in [-0.25, -0.2) is 0 Å². The molecule has 78 valence electrons. The Kier molecular flexibility index (Phi) is 5.35. The number of aliphatic hydroxyl groups is 2. The van der Waals surface area contributed by atoms with E-state index in [9.17, 15) is 5.11 Å². The van der Waals surface area contributed by atoms with Crippen molar-refractivity contribution in [3.8, 4) is 0 Å². The first kappa shape index (κ1) is 11.0. The van der Waals surface area contributed by atoms with Gasteiger partial charge in [0.05, 0.1) is 6.10 Å². The van der Waals surface area contributed by atoms with Crippen molar-refractivity contribution >= 4 is 0 Å². The van der Waals surface area contributed by atoms with Crippen molar-refractivity contribution in [3.63, 3.8) is 0 Å². The van der Waals surface area contributed by atoms with Gasteiger partial charge in [-0.05, 0) is 45.1 Å². The summed E-state index contributed by atoms with van der Waals surface area (Å²) < 4.78 is 0. The fourth-order valence-corrected chi connectivity index (χ4v) is 1.82. The molecule has 1 aliphatic carbocycles. The molecule has 1 rings (SSSR count). The molecule has 0 unspecified atom stereocenters. The molecule has 3 heteroatoms. The third-order valence-corrected chi connectivity index (χ3v) is 2.71. The molecule has 1 aliphatic rings. The second kappa shape index (κ2) is 6.35. The van der Waals surface area contributed by atoms with Gasteiger partial charge in [0.1, 0.15) is 0 Å². The lowest BCUT2D eigenvalue weighted by Gasteiger charge is -2.26. The highest BCUT2D eigenvalue weighted by Crippen LogP contribution is 2.18. The van der Waals surface area contributed by atoms with Crippen LogP contribution in [0.4, 0.5) is 0 Å². The topological polar surface area (TPSA) is 52.5 Å². The molecule has 0 bridgehead atoms. The number of rotatable bonds is 5. The zero-order valence-corrected chi connectivity index (χ0v) is 8.21. The van der Waals surface area contributed by atoms with Crippen molar-refractivity contribution < 1.29 is 10.2 Å². The van der Waals surface area contributed by atoms with Gasteiger partial charge in [-0.1, -0.05) is 0 Å². The molecular formula is C10H21NO2. The summed E-state index contributed by atoms with van der Waals surface area (Å²) in [7, 11) is 0. The predicted molar refractivity (Wildman–Crippen MR) is 52.6 cm³/mol. The van der Waals surface area contributed by atoms with Crippen molar-refractivity contribution in [3.05, 3.63) is 0 Å². The van der Waals surface area contributed by atoms with E-state index in [1.54, 1.807) is 0 Å². The van der Waals surface area contributed by atoms with Crippen molar-refractivity contribution in [1.29, 1.82) is 0 Å². The van der Waals surface area contributed by atoms with E-state index in [0.717, 1.165) is 45.1 Å². The standard InChI is InChI=1S/C10H21NO2/c12-8-2-1-7-11-9-3-5-10(13)6-4-9/h9-13H,1-8H2. The fraction of sp³-hybridized carbons (Fsp3) is 1.00. The number of nitrogens with one attached hydrogen (secondary N) is 1. The van der Waals surface area contributed by atoms with Crippen LogP contribution < -0.4 is 5.32 Å². The molecule has 0 amide bonds. The quantitative estimate of drug-likeness (QED) is 0.554. The molecule has 0 aromatic heterocycles. The molecule has 0 aromatic carbocycles. The maximum atomic E-state index is 9.28. The largest absolute Gasteiger partial charge is 0.396 e. The predicted octanol–water partition coefficient (Wildman–Crippen LogP) is 0.652. The van der Waals surface area contributed by atoms with E-state index in [2.05, 4.69) is 5.32 Å². The lowest BCUT2D eigenvalue weighted by Crippen LogP contribution is -2.35. The number of hydrogen-bond acceptors (Lipinski definition) is 3. The molecule has 0 atom stereocenters. The Hall–Kier alpha value is -0.120. The monoisotopic (exact) mass is 187 g/mol. The Balaban J connectivity index is 1.96. The summed E-state index contributed by atoms with van der Waals surface area (Å²) in [5.74, 6) is 0. The maximum absolute atomic E-state index is 9.28. The van der Waals surface area contributed by atoms with Crippen LogP contribution in [0.25, 0.3) is 0 Å². The fourth-order valence-electron chi connectivity index (χ4n) is 1.82. The third kappa shape index (κ3) is 4.60. The highest BCUT2D eigenvalue weighted by atomic mass is 16.3. The lowest BCUT2D eigenvalue weighted by atomic mass is 9.93. The highest BCUT2D eigenvalue weighted by molar-refractivity contribution is 4.76. The van der Waals surface area contributed by atoms with Gasteiger partial charge in [-0.15, -0.1) is 0 Å². The van der Waals surface area contributed by atoms with Crippen LogP contribution in [0.5, 0.6) is 0 Å². The summed E-state index contributed by atoms with van der Waals surface area (Å²) >= 11 is 0. The highest BCUT2D eigenvalue weighted by Gasteiger charge is 2.17. The Morgan fingerprint density at radius 1 is 1.08 bits per heavy atom. The molecule has 1 saturated carbocycles. The zero-order valence-electron chi connectivity index (χ0n) is 8.21. The van der Waals surface area contributed by atoms with Gasteiger partial charge >= 0.3 is 0 Å². The van der Waals surface area contributed by atoms with Crippen LogP contribution in [0.3, 0.4) is 0 Å². The molecule has 0 saturated heterocycles. The average molecular weight is 187 g/mol. The molecule has 0 aromatic rings. The van der Waals surface area contributed by atoms with Crippen LogP contribution in [0, 0.1) is 0 Å². The average Bonchev–Trinajstić information content (AvgIpc) is 2.15. The summed E-state index contributed by atoms with van der Waals surface area (Å²) in [6.45, 7) is 1.30. The van der Waals surface area contributed by atoms with Gasteiger partial charge in [0, 0.05) is 12.6 Å². The second-order valence-corrected chi connectivity index (χ2v) is 3.89. The molecule has 0 spiro atoms. The van der Waals surface area contributed by atoms with E-state index >= 15 is 0 Å². The van der Waals surface area contributed by atoms with Crippen LogP contribution in [0.1, 0.15) is 38.5 Å². The summed E-state index contributed by atoms with van der Waals surface area (Å²) in [6, 6.07) is 0.599. The summed E-state index contributed by atoms with van der Waals surface area (Å²) in [5, 5.41) is 21.3. The summed E-state index contributed by atoms with van der Waals surface area (Å²) in [4.78, 5) is 0. The van der Waals surface area contributed by atoms with Gasteiger partial charge in [-0.2, -0.15) is 0 Å². The van der Waals surface area contributed by atoms with E-state index in [1.807, 2.05) is 0 Å². The minimum Gasteiger partial charge on any atom is -0.396 e. The van der Waals surface area contributed by atoms with E-state index in [0.29, 0.717) is 12.6 Å². The van der Waals surface area contributed by atoms with E-state index in [-0.39, 0.29) is 6.10 Å². The van der Waals surface area contributed by atoms with Gasteiger partial charge < -0.3 is 15.5 Å². The molecule has 0 heterocycles. The number of aliphatic hydroxyl groups excluding tert-OH is 2. The first-order valence-electron chi connectivity index (χ1n) is 5.35. The Morgan fingerprint density at radius 2 is 1.77 bits per heavy atom. The van der Waals surface area contributed by atoms with E-state index in [4.69, 9.17) is 5.11 Å². The Labute approximate surface area is 80.2 Å². The van der Waals surface area contributed by atoms with Crippen molar-refractivity contribution in [2.45, 2.75) is 50.7 Å². The van der Waals surface area contributed by atoms with Gasteiger partial charge in [0.25, 0.3) is 0 Å². The van der Waals surface area contributed by atoms with E-state index in [1.165, 1.54) is 0 Å². The number of hydrogen-bond donors (Lipinski definition) is 3. The third-order valence-electron chi connectivity index (χ3n) is 2.71. The summed E-state index contributed by atoms with van der Waals surface area (Å²) in [6.07, 6.45) is 5.96. The van der Waals surface area contributed by atoms with Gasteiger partial charge in [0.15, 0.2) is 0 Å². The first-order chi connectivity index (χ1) is 6.33. The van der Waals surface area contributed by atoms with Crippen molar-refractivity contribution in [1.82, 2.24) is 5.32 Å². The van der Waals surface area contributed by atoms with Crippen molar-refractivity contribution in [2.24, 2.45) is 0 Å². The Bertz CT molecular complexity index is 122. The molecule has 13 heavy (non-hydrogen) atoms. The van der Waals surface area contributed by atoms with Crippen LogP contribution in [-0.2, 0) is 0 Å². The molecule has 0 radical (unpaired) electrons. The summed E-state index contributed by atoms with van der Waals surface area (Å²) in [5.41, 5.74) is 0. The normalized spacial score (nSPS) is 29.1. The van der Waals surface area contributed by atoms with Gasteiger partial charge in [-0.3, -0.25) is 0 Å². The van der Waals surface area contributed by atoms with Crippen molar-refractivity contribution in [2.75, 3.05) is 13.2 Å². The smallest absolute Gasteiger partial charge is 0.0541 e. The van der Waals surface area contributed by atoms with Crippen LogP contribution in [0.2, 0.25) is 0 Å². The zero-order chi connectivity index (χ0) is 9.52. The van der Waals surface area contributed by atoms with Crippen LogP contribution in [0.15, 0.2) is 0 Å².